The van der Waals surface area contributed by atoms with Gasteiger partial charge in [0.15, 0.2) is 0 Å². The van der Waals surface area contributed by atoms with Crippen molar-refractivity contribution in [2.24, 2.45) is 11.8 Å². The van der Waals surface area contributed by atoms with Crippen LogP contribution in [0.5, 0.6) is 0 Å². The van der Waals surface area contributed by atoms with E-state index in [4.69, 9.17) is 0 Å². The summed E-state index contributed by atoms with van der Waals surface area (Å²) in [5.74, 6) is 1.16. The predicted molar refractivity (Wildman–Crippen MR) is 67.6 cm³/mol. The monoisotopic (exact) mass is 269 g/mol. The molecule has 3 unspecified atom stereocenters. The molecule has 0 bridgehead atoms. The molecule has 0 aromatic heterocycles. The molecule has 3 rings (SSSR count). The molecule has 3 atom stereocenters. The molecule has 1 aromatic carbocycles. The molecular formula is C15H18F3N. The number of alkyl halides is 3. The van der Waals surface area contributed by atoms with E-state index in [1.54, 1.807) is 12.1 Å². The van der Waals surface area contributed by atoms with Crippen LogP contribution in [0, 0.1) is 11.8 Å². The fraction of sp³-hybridized carbons (Fsp3) is 0.600. The highest BCUT2D eigenvalue weighted by Crippen LogP contribution is 2.59. The van der Waals surface area contributed by atoms with E-state index in [9.17, 15) is 13.2 Å². The van der Waals surface area contributed by atoms with Crippen molar-refractivity contribution in [3.63, 3.8) is 0 Å². The maximum absolute atomic E-state index is 12.6. The lowest BCUT2D eigenvalue weighted by Gasteiger charge is -2.22. The molecule has 104 valence electrons. The van der Waals surface area contributed by atoms with Crippen LogP contribution in [0.2, 0.25) is 0 Å². The van der Waals surface area contributed by atoms with E-state index in [1.807, 2.05) is 0 Å². The molecule has 0 radical (unpaired) electrons. The standard InChI is InChI=1S/C15H18F3N/c1-9(2)13-7-12-8-14(12,19-13)10-3-5-11(6-4-10)15(16,17)18/h3-6,9,12-13,19H,7-8H2,1-2H3. The number of hydrogen-bond acceptors (Lipinski definition) is 1. The van der Waals surface area contributed by atoms with Gasteiger partial charge in [-0.1, -0.05) is 26.0 Å². The molecular weight excluding hydrogens is 251 g/mol. The van der Waals surface area contributed by atoms with Crippen molar-refractivity contribution in [1.29, 1.82) is 0 Å². The molecule has 2 aliphatic rings. The van der Waals surface area contributed by atoms with Crippen LogP contribution >= 0.6 is 0 Å². The first-order valence-corrected chi connectivity index (χ1v) is 6.78. The third kappa shape index (κ3) is 2.06. The molecule has 4 heteroatoms. The number of nitrogens with one attached hydrogen (secondary N) is 1. The summed E-state index contributed by atoms with van der Waals surface area (Å²) < 4.78 is 37.7. The zero-order chi connectivity index (χ0) is 13.8. The normalized spacial score (nSPS) is 33.6. The van der Waals surface area contributed by atoms with E-state index >= 15 is 0 Å². The van der Waals surface area contributed by atoms with Crippen molar-refractivity contribution < 1.29 is 13.2 Å². The third-order valence-electron chi connectivity index (χ3n) is 4.62. The Bertz CT molecular complexity index is 477. The summed E-state index contributed by atoms with van der Waals surface area (Å²) in [5, 5.41) is 3.63. The Morgan fingerprint density at radius 3 is 2.32 bits per heavy atom. The second kappa shape index (κ2) is 3.98. The number of fused-ring (bicyclic) bond motifs is 1. The van der Waals surface area contributed by atoms with E-state index in [2.05, 4.69) is 19.2 Å². The highest BCUT2D eigenvalue weighted by atomic mass is 19.4. The van der Waals surface area contributed by atoms with Gasteiger partial charge in [-0.2, -0.15) is 13.2 Å². The van der Waals surface area contributed by atoms with Crippen LogP contribution in [0.25, 0.3) is 0 Å². The summed E-state index contributed by atoms with van der Waals surface area (Å²) in [6.07, 6.45) is -2.05. The van der Waals surface area contributed by atoms with Crippen molar-refractivity contribution in [1.82, 2.24) is 5.32 Å². The first kappa shape index (κ1) is 13.0. The second-order valence-electron chi connectivity index (χ2n) is 6.18. The fourth-order valence-electron chi connectivity index (χ4n) is 3.32. The van der Waals surface area contributed by atoms with Gasteiger partial charge in [0, 0.05) is 11.6 Å². The van der Waals surface area contributed by atoms with Gasteiger partial charge >= 0.3 is 6.18 Å². The zero-order valence-electron chi connectivity index (χ0n) is 11.1. The smallest absolute Gasteiger partial charge is 0.304 e. The molecule has 1 heterocycles. The van der Waals surface area contributed by atoms with Crippen LogP contribution < -0.4 is 5.32 Å². The summed E-state index contributed by atoms with van der Waals surface area (Å²) in [5.41, 5.74) is 0.399. The van der Waals surface area contributed by atoms with Crippen molar-refractivity contribution in [3.8, 4) is 0 Å². The van der Waals surface area contributed by atoms with E-state index < -0.39 is 11.7 Å². The molecule has 1 aliphatic carbocycles. The van der Waals surface area contributed by atoms with Crippen molar-refractivity contribution >= 4 is 0 Å². The average molecular weight is 269 g/mol. The predicted octanol–water partition coefficient (Wildman–Crippen LogP) is 3.94. The molecule has 1 aliphatic heterocycles. The maximum Gasteiger partial charge on any atom is 0.416 e. The fourth-order valence-corrected chi connectivity index (χ4v) is 3.32. The van der Waals surface area contributed by atoms with E-state index in [1.165, 1.54) is 12.1 Å². The molecule has 1 N–H and O–H groups in total. The van der Waals surface area contributed by atoms with Gasteiger partial charge in [-0.15, -0.1) is 0 Å². The SMILES string of the molecule is CC(C)C1CC2CC2(c2ccc(C(F)(F)F)cc2)N1. The minimum absolute atomic E-state index is 0.0426. The van der Waals surface area contributed by atoms with Crippen LogP contribution in [0.1, 0.15) is 37.8 Å². The molecule has 0 amide bonds. The van der Waals surface area contributed by atoms with E-state index in [0.29, 0.717) is 17.9 Å². The van der Waals surface area contributed by atoms with Gasteiger partial charge in [0.05, 0.1) is 5.56 Å². The van der Waals surface area contributed by atoms with Gasteiger partial charge < -0.3 is 5.32 Å². The molecule has 0 spiro atoms. The lowest BCUT2D eigenvalue weighted by Crippen LogP contribution is -2.36. The van der Waals surface area contributed by atoms with E-state index in [-0.39, 0.29) is 5.54 Å². The lowest BCUT2D eigenvalue weighted by atomic mass is 10.0. The van der Waals surface area contributed by atoms with Crippen LogP contribution in [0.4, 0.5) is 13.2 Å². The number of hydrogen-bond donors (Lipinski definition) is 1. The molecule has 1 saturated carbocycles. The summed E-state index contributed by atoms with van der Waals surface area (Å²) in [6.45, 7) is 4.37. The Morgan fingerprint density at radius 2 is 1.84 bits per heavy atom. The Labute approximate surface area is 111 Å². The molecule has 2 fully saturated rings. The second-order valence-corrected chi connectivity index (χ2v) is 6.18. The minimum Gasteiger partial charge on any atom is -0.304 e. The number of piperidine rings is 1. The third-order valence-corrected chi connectivity index (χ3v) is 4.62. The average Bonchev–Trinajstić information content (AvgIpc) is 2.91. The van der Waals surface area contributed by atoms with Crippen LogP contribution in [0.15, 0.2) is 24.3 Å². The van der Waals surface area contributed by atoms with Gasteiger partial charge in [-0.05, 0) is 42.4 Å². The number of rotatable bonds is 2. The van der Waals surface area contributed by atoms with Crippen molar-refractivity contribution in [2.45, 2.75) is 44.4 Å². The largest absolute Gasteiger partial charge is 0.416 e. The highest BCUT2D eigenvalue weighted by Gasteiger charge is 2.61. The van der Waals surface area contributed by atoms with Gasteiger partial charge in [0.1, 0.15) is 0 Å². The Balaban J connectivity index is 1.81. The lowest BCUT2D eigenvalue weighted by molar-refractivity contribution is -0.137. The van der Waals surface area contributed by atoms with Crippen LogP contribution in [-0.2, 0) is 11.7 Å². The summed E-state index contributed by atoms with van der Waals surface area (Å²) in [4.78, 5) is 0. The maximum atomic E-state index is 12.6. The van der Waals surface area contributed by atoms with Crippen LogP contribution in [0.3, 0.4) is 0 Å². The first-order chi connectivity index (χ1) is 8.83. The van der Waals surface area contributed by atoms with Gasteiger partial charge in [0.2, 0.25) is 0 Å². The van der Waals surface area contributed by atoms with Crippen molar-refractivity contribution in [2.75, 3.05) is 0 Å². The van der Waals surface area contributed by atoms with E-state index in [0.717, 1.165) is 18.4 Å². The van der Waals surface area contributed by atoms with Gasteiger partial charge in [0.25, 0.3) is 0 Å². The highest BCUT2D eigenvalue weighted by molar-refractivity contribution is 5.37. The Kier molecular flexibility index (Phi) is 2.72. The minimum atomic E-state index is -4.25. The first-order valence-electron chi connectivity index (χ1n) is 6.78. The Hall–Kier alpha value is -1.03. The number of halogens is 3. The van der Waals surface area contributed by atoms with Crippen LogP contribution in [-0.4, -0.2) is 6.04 Å². The Morgan fingerprint density at radius 1 is 1.21 bits per heavy atom. The summed E-state index contributed by atoms with van der Waals surface area (Å²) in [6, 6.07) is 6.16. The molecule has 1 saturated heterocycles. The quantitative estimate of drug-likeness (QED) is 0.857. The topological polar surface area (TPSA) is 12.0 Å². The molecule has 1 aromatic rings. The van der Waals surface area contributed by atoms with Gasteiger partial charge in [-0.3, -0.25) is 0 Å². The zero-order valence-corrected chi connectivity index (χ0v) is 11.1. The molecule has 1 nitrogen and oxygen atoms in total. The number of benzene rings is 1. The summed E-state index contributed by atoms with van der Waals surface area (Å²) >= 11 is 0. The summed E-state index contributed by atoms with van der Waals surface area (Å²) in [7, 11) is 0. The van der Waals surface area contributed by atoms with Crippen molar-refractivity contribution in [3.05, 3.63) is 35.4 Å². The van der Waals surface area contributed by atoms with Gasteiger partial charge in [-0.25, -0.2) is 0 Å². The molecule has 19 heavy (non-hydrogen) atoms.